The standard InChI is InChI=1S/C36H34F6N8O4S/c1-35(52)15-49(16-35)26-8-7-20(21-5-4-6-22-31(21)48(2)46-34(22)47-55(3,53)54)29(44-26)25(11-17-9-18(37)12-19(38)10-17)43-27(51)14-50-32-28(30(45-50)33(39)40)23-13-24(23)36(32,41)42/h4-10,12,23-25,33,52H,11,13-16H2,1-3H3,(H,43,51)(H,46,47)/t23-,24+,25-/m0/s1. The number of benzene rings is 2. The van der Waals surface area contributed by atoms with Crippen molar-refractivity contribution in [2.24, 2.45) is 13.0 Å². The highest BCUT2D eigenvalue weighted by Gasteiger charge is 2.67. The van der Waals surface area contributed by atoms with Crippen LogP contribution in [-0.4, -0.2) is 68.9 Å². The summed E-state index contributed by atoms with van der Waals surface area (Å²) in [7, 11) is -2.15. The number of amides is 1. The number of carbonyl (C=O) groups excluding carboxylic acids is 1. The smallest absolute Gasteiger partial charge is 0.293 e. The first-order valence-electron chi connectivity index (χ1n) is 17.2. The summed E-state index contributed by atoms with van der Waals surface area (Å²) in [6.07, 6.45) is -2.41. The molecular weight excluding hydrogens is 755 g/mol. The highest BCUT2D eigenvalue weighted by Crippen LogP contribution is 2.68. The first kappa shape index (κ1) is 36.8. The highest BCUT2D eigenvalue weighted by atomic mass is 32.2. The maximum absolute atomic E-state index is 15.4. The van der Waals surface area contributed by atoms with E-state index in [0.29, 0.717) is 38.6 Å². The van der Waals surface area contributed by atoms with Crippen LogP contribution in [0.4, 0.5) is 38.0 Å². The van der Waals surface area contributed by atoms with Crippen LogP contribution in [0.3, 0.4) is 0 Å². The second kappa shape index (κ2) is 12.7. The van der Waals surface area contributed by atoms with Gasteiger partial charge in [0.15, 0.2) is 5.82 Å². The van der Waals surface area contributed by atoms with Gasteiger partial charge in [-0.2, -0.15) is 19.0 Å². The largest absolute Gasteiger partial charge is 0.386 e. The quantitative estimate of drug-likeness (QED) is 0.153. The molecule has 3 aliphatic rings. The molecule has 4 heterocycles. The van der Waals surface area contributed by atoms with Crippen LogP contribution in [-0.2, 0) is 40.8 Å². The van der Waals surface area contributed by atoms with Crippen molar-refractivity contribution in [3.8, 4) is 11.1 Å². The Morgan fingerprint density at radius 1 is 1.04 bits per heavy atom. The second-order valence-corrected chi connectivity index (χ2v) is 16.5. The third kappa shape index (κ3) is 6.66. The van der Waals surface area contributed by atoms with E-state index in [-0.39, 0.29) is 48.6 Å². The van der Waals surface area contributed by atoms with Crippen LogP contribution in [0.5, 0.6) is 0 Å². The Morgan fingerprint density at radius 2 is 1.75 bits per heavy atom. The van der Waals surface area contributed by atoms with Crippen LogP contribution >= 0.6 is 0 Å². The maximum Gasteiger partial charge on any atom is 0.293 e. The van der Waals surface area contributed by atoms with Crippen LogP contribution in [0.1, 0.15) is 59.9 Å². The molecule has 0 radical (unpaired) electrons. The molecule has 0 bridgehead atoms. The third-order valence-corrected chi connectivity index (χ3v) is 10.8. The van der Waals surface area contributed by atoms with Crippen molar-refractivity contribution in [3.63, 3.8) is 0 Å². The lowest BCUT2D eigenvalue weighted by molar-refractivity contribution is -0.123. The summed E-state index contributed by atoms with van der Waals surface area (Å²) in [6, 6.07) is 9.92. The molecule has 3 N–H and O–H groups in total. The summed E-state index contributed by atoms with van der Waals surface area (Å²) in [4.78, 5) is 20.6. The number of β-amino-alcohol motifs (C(OH)–C–C–N with tert-alkyl or cyclic N) is 1. The number of para-hydroxylation sites is 1. The van der Waals surface area contributed by atoms with E-state index in [1.807, 2.05) is 0 Å². The van der Waals surface area contributed by atoms with Crippen LogP contribution in [0, 0.1) is 17.6 Å². The van der Waals surface area contributed by atoms with Gasteiger partial charge in [-0.25, -0.2) is 31.0 Å². The SMILES string of the molecule is Cn1nc(NS(C)(=O)=O)c2cccc(-c3ccc(N4CC(C)(O)C4)nc3[C@H](Cc3cc(F)cc(F)c3)NC(=O)Cn3nc(C(F)F)c4c3C(F)(F)[C@@H]3C[C@H]43)c21. The molecule has 55 heavy (non-hydrogen) atoms. The number of sulfonamides is 1. The van der Waals surface area contributed by atoms with E-state index in [1.54, 1.807) is 49.2 Å². The number of aliphatic hydroxyl groups is 1. The van der Waals surface area contributed by atoms with Gasteiger partial charge >= 0.3 is 0 Å². The number of fused-ring (bicyclic) bond motifs is 4. The number of carbonyl (C=O) groups is 1. The van der Waals surface area contributed by atoms with Crippen molar-refractivity contribution in [2.75, 3.05) is 29.0 Å². The van der Waals surface area contributed by atoms with Gasteiger partial charge in [-0.15, -0.1) is 0 Å². The van der Waals surface area contributed by atoms with Crippen LogP contribution in [0.15, 0.2) is 48.5 Å². The number of anilines is 2. The van der Waals surface area contributed by atoms with Gasteiger partial charge in [0.05, 0.1) is 29.1 Å². The van der Waals surface area contributed by atoms with Crippen molar-refractivity contribution in [3.05, 3.63) is 88.4 Å². The first-order valence-corrected chi connectivity index (χ1v) is 19.1. The molecule has 3 atom stereocenters. The number of hydrogen-bond acceptors (Lipinski definition) is 8. The number of alkyl halides is 4. The van der Waals surface area contributed by atoms with Crippen molar-refractivity contribution in [1.82, 2.24) is 29.9 Å². The molecule has 12 nitrogen and oxygen atoms in total. The van der Waals surface area contributed by atoms with Gasteiger partial charge in [0.2, 0.25) is 15.9 Å². The summed E-state index contributed by atoms with van der Waals surface area (Å²) in [5.41, 5.74) is -1.23. The minimum Gasteiger partial charge on any atom is -0.386 e. The number of aromatic nitrogens is 5. The Kier molecular flexibility index (Phi) is 8.49. The normalized spacial score (nSPS) is 19.9. The average molecular weight is 789 g/mol. The molecule has 1 saturated heterocycles. The molecule has 0 unspecified atom stereocenters. The van der Waals surface area contributed by atoms with Crippen LogP contribution in [0.25, 0.3) is 22.0 Å². The number of halogens is 6. The van der Waals surface area contributed by atoms with Crippen molar-refractivity contribution in [2.45, 2.75) is 56.2 Å². The first-order chi connectivity index (χ1) is 25.8. The van der Waals surface area contributed by atoms with Crippen LogP contribution < -0.4 is 14.9 Å². The summed E-state index contributed by atoms with van der Waals surface area (Å²) in [6.45, 7) is 1.18. The fourth-order valence-electron chi connectivity index (χ4n) is 8.01. The molecule has 19 heteroatoms. The molecule has 2 fully saturated rings. The van der Waals surface area contributed by atoms with E-state index < -0.39 is 81.3 Å². The molecule has 5 aromatic rings. The molecule has 3 aromatic heterocycles. The number of nitrogens with zero attached hydrogens (tertiary/aromatic N) is 6. The molecular formula is C36H34F6N8O4S. The zero-order valence-electron chi connectivity index (χ0n) is 29.5. The van der Waals surface area contributed by atoms with E-state index in [0.717, 1.165) is 18.4 Å². The number of aryl methyl sites for hydroxylation is 1. The van der Waals surface area contributed by atoms with Gasteiger partial charge in [0.1, 0.15) is 35.4 Å². The third-order valence-electron chi connectivity index (χ3n) is 10.2. The number of pyridine rings is 1. The Bertz CT molecular complexity index is 2480. The molecule has 8 rings (SSSR count). The Labute approximate surface area is 310 Å². The lowest BCUT2D eigenvalue weighted by Gasteiger charge is -2.45. The molecule has 1 amide bonds. The maximum atomic E-state index is 15.4. The van der Waals surface area contributed by atoms with Gasteiger partial charge in [0.25, 0.3) is 12.3 Å². The highest BCUT2D eigenvalue weighted by molar-refractivity contribution is 7.92. The van der Waals surface area contributed by atoms with Crippen LogP contribution in [0.2, 0.25) is 0 Å². The zero-order chi connectivity index (χ0) is 39.4. The number of nitrogens with one attached hydrogen (secondary N) is 2. The predicted octanol–water partition coefficient (Wildman–Crippen LogP) is 5.30. The van der Waals surface area contributed by atoms with Crippen molar-refractivity contribution < 1.29 is 44.7 Å². The average Bonchev–Trinajstić information content (AvgIpc) is 3.62. The summed E-state index contributed by atoms with van der Waals surface area (Å²) >= 11 is 0. The van der Waals surface area contributed by atoms with Crippen molar-refractivity contribution in [1.29, 1.82) is 0 Å². The summed E-state index contributed by atoms with van der Waals surface area (Å²) in [5, 5.41) is 21.8. The molecule has 290 valence electrons. The van der Waals surface area contributed by atoms with Gasteiger partial charge in [-0.3, -0.25) is 18.9 Å². The lowest BCUT2D eigenvalue weighted by atomic mass is 9.93. The minimum absolute atomic E-state index is 0.0380. The topological polar surface area (TPSA) is 147 Å². The molecule has 2 aliphatic carbocycles. The summed E-state index contributed by atoms with van der Waals surface area (Å²) in [5.74, 6) is -7.72. The van der Waals surface area contributed by atoms with Crippen molar-refractivity contribution >= 4 is 38.5 Å². The Hall–Kier alpha value is -5.17. The number of hydrogen-bond donors (Lipinski definition) is 3. The van der Waals surface area contributed by atoms with E-state index >= 15 is 8.78 Å². The van der Waals surface area contributed by atoms with E-state index in [1.165, 1.54) is 4.68 Å². The van der Waals surface area contributed by atoms with E-state index in [2.05, 4.69) is 20.2 Å². The monoisotopic (exact) mass is 788 g/mol. The molecule has 1 aliphatic heterocycles. The molecule has 0 spiro atoms. The zero-order valence-corrected chi connectivity index (χ0v) is 30.3. The van der Waals surface area contributed by atoms with E-state index in [4.69, 9.17) is 4.98 Å². The predicted molar refractivity (Wildman–Crippen MR) is 188 cm³/mol. The Balaban J connectivity index is 1.25. The molecule has 1 saturated carbocycles. The fraction of sp³-hybridized carbons (Fsp3) is 0.389. The number of rotatable bonds is 11. The van der Waals surface area contributed by atoms with Gasteiger partial charge < -0.3 is 15.3 Å². The molecule has 2 aromatic carbocycles. The second-order valence-electron chi connectivity index (χ2n) is 14.8. The fourth-order valence-corrected chi connectivity index (χ4v) is 8.51. The van der Waals surface area contributed by atoms with E-state index in [9.17, 15) is 35.9 Å². The van der Waals surface area contributed by atoms with Gasteiger partial charge in [-0.1, -0.05) is 12.1 Å². The van der Waals surface area contributed by atoms with Gasteiger partial charge in [-0.05, 0) is 61.6 Å². The van der Waals surface area contributed by atoms with Gasteiger partial charge in [0, 0.05) is 54.2 Å². The lowest BCUT2D eigenvalue weighted by Crippen LogP contribution is -2.60. The summed E-state index contributed by atoms with van der Waals surface area (Å²) < 4.78 is 117. The Morgan fingerprint density at radius 3 is 2.40 bits per heavy atom. The minimum atomic E-state index is -3.74.